The first-order chi connectivity index (χ1) is 64.0. The Labute approximate surface area is 761 Å². The molecule has 0 spiro atoms. The Balaban J connectivity index is 0.000000120. The number of nitrogens with zero attached hydrogens (tertiary/aromatic N) is 18. The van der Waals surface area contributed by atoms with Gasteiger partial charge in [0.15, 0.2) is 34.4 Å². The van der Waals surface area contributed by atoms with E-state index in [2.05, 4.69) is 82.9 Å². The Morgan fingerprint density at radius 2 is 0.742 bits per heavy atom. The van der Waals surface area contributed by atoms with Crippen molar-refractivity contribution in [2.75, 3.05) is 220 Å². The van der Waals surface area contributed by atoms with Crippen molar-refractivity contribution in [2.45, 2.75) is 13.0 Å². The van der Waals surface area contributed by atoms with Crippen LogP contribution in [0.1, 0.15) is 6.92 Å². The second-order valence-electron chi connectivity index (χ2n) is 33.3. The minimum absolute atomic E-state index is 0.0473. The van der Waals surface area contributed by atoms with Crippen LogP contribution in [0, 0.1) is 17.5 Å². The van der Waals surface area contributed by atoms with Crippen LogP contribution in [-0.2, 0) is 0 Å². The van der Waals surface area contributed by atoms with Crippen molar-refractivity contribution >= 4 is 73.7 Å². The molecule has 5 saturated heterocycles. The molecular weight excluding hydrogens is 1680 g/mol. The molecule has 33 heteroatoms. The highest BCUT2D eigenvalue weighted by molar-refractivity contribution is 5.72. The molecule has 0 aliphatic carbocycles. The fourth-order valence-electron chi connectivity index (χ4n) is 16.6. The molecule has 5 aliphatic heterocycles. The average Bonchev–Trinajstić information content (AvgIpc) is 0.792. The molecular formula is C99H108F3N23O7. The first-order valence-corrected chi connectivity index (χ1v) is 44.2. The van der Waals surface area contributed by atoms with E-state index in [-0.39, 0.29) is 44.9 Å². The third kappa shape index (κ3) is 20.8. The Morgan fingerprint density at radius 3 is 1.19 bits per heavy atom. The maximum atomic E-state index is 14.9. The van der Waals surface area contributed by atoms with Crippen LogP contribution in [0.3, 0.4) is 0 Å². The molecule has 5 aromatic carbocycles. The molecule has 0 unspecified atom stereocenters. The van der Waals surface area contributed by atoms with E-state index in [1.54, 1.807) is 90.4 Å². The summed E-state index contributed by atoms with van der Waals surface area (Å²) in [6.45, 7) is 19.0. The highest BCUT2D eigenvalue weighted by atomic mass is 19.1. The summed E-state index contributed by atoms with van der Waals surface area (Å²) in [6.07, 6.45) is 10.5. The zero-order valence-electron chi connectivity index (χ0n) is 75.4. The van der Waals surface area contributed by atoms with Gasteiger partial charge in [-0.05, 0) is 103 Å². The van der Waals surface area contributed by atoms with Crippen molar-refractivity contribution in [3.8, 4) is 67.7 Å². The van der Waals surface area contributed by atoms with Gasteiger partial charge in [-0.3, -0.25) is 46.0 Å². The van der Waals surface area contributed by atoms with Crippen molar-refractivity contribution in [3.63, 3.8) is 0 Å². The maximum Gasteiger partial charge on any atom is 0.265 e. The summed E-state index contributed by atoms with van der Waals surface area (Å²) in [5.41, 5.74) is 14.8. The van der Waals surface area contributed by atoms with Gasteiger partial charge < -0.3 is 75.3 Å². The van der Waals surface area contributed by atoms with Gasteiger partial charge in [0.25, 0.3) is 27.8 Å². The van der Waals surface area contributed by atoms with Crippen molar-refractivity contribution in [2.24, 2.45) is 0 Å². The number of benzene rings is 5. The zero-order chi connectivity index (χ0) is 92.2. The van der Waals surface area contributed by atoms with Crippen LogP contribution < -0.4 is 103 Å². The Hall–Kier alpha value is -14.5. The number of fused-ring (bicyclic) bond motifs is 5. The van der Waals surface area contributed by atoms with Gasteiger partial charge in [0.1, 0.15) is 22.8 Å². The Morgan fingerprint density at radius 1 is 0.348 bits per heavy atom. The van der Waals surface area contributed by atoms with Crippen LogP contribution in [0.5, 0.6) is 11.5 Å². The van der Waals surface area contributed by atoms with Gasteiger partial charge in [-0.1, -0.05) is 54.6 Å². The number of pyridine rings is 5. The molecule has 5 aliphatic rings. The minimum atomic E-state index is -0.493. The van der Waals surface area contributed by atoms with Crippen LogP contribution in [-0.4, -0.2) is 234 Å². The standard InChI is InChI=1S/C21H24FN5O.C20H22FN5O.C20H23N5O.C20H22N4O3.C18H17FN4O/c1-14-12-26(9-8-23-14)17-10-18(22)21-24-19(11-20(28)27(21)13-17)15-4-6-16(7-5-15)25(2)3;1-24(2)15-5-3-14(4-6-15)18-12-19(27)26-13-16(11-17(21)20(26)23-18)25-9-7-22-8-10-25;1-23(2)16-5-3-15(4-6-16)18-13-20(26)25-14-17(7-8-19(25)22-18)24-11-9-21-10-12-24;1-26-17-4-3-14(11-18(17)27-2)16-13-22-19-12-15(5-8-24(19)20(16)25)23-9-6-21-7-10-23;19-15-4-2-1-3-14(15)16-11-18(24)23-12-13(5-6-17(23)21-16)22-9-7-20-8-10-22/h4-7,10-11,13-14,23H,8-9,12H2,1-3H3;3-6,11-13,22H,7-10H2,1-2H3;3-8,13-14,21H,9-12H2,1-2H3;3-5,8,11-13,21H,6-7,9-10H2,1-2H3;1-6,11-12,20H,7-10H2/t14-;;;;/m1..../s1. The van der Waals surface area contributed by atoms with E-state index < -0.39 is 11.6 Å². The van der Waals surface area contributed by atoms with E-state index >= 15 is 0 Å². The van der Waals surface area contributed by atoms with Crippen molar-refractivity contribution in [3.05, 3.63) is 294 Å². The number of nitrogens with one attached hydrogen (secondary N) is 5. The second-order valence-corrected chi connectivity index (χ2v) is 33.3. The van der Waals surface area contributed by atoms with Gasteiger partial charge in [0, 0.05) is 297 Å². The lowest BCUT2D eigenvalue weighted by atomic mass is 10.1. The van der Waals surface area contributed by atoms with E-state index in [1.807, 2.05) is 178 Å². The molecule has 0 radical (unpaired) electrons. The molecule has 0 amide bonds. The zero-order valence-corrected chi connectivity index (χ0v) is 75.4. The molecule has 15 aromatic rings. The first-order valence-electron chi connectivity index (χ1n) is 44.2. The van der Waals surface area contributed by atoms with Crippen LogP contribution in [0.25, 0.3) is 84.4 Å². The van der Waals surface area contributed by atoms with Crippen molar-refractivity contribution < 1.29 is 22.6 Å². The van der Waals surface area contributed by atoms with Crippen LogP contribution in [0.4, 0.5) is 58.7 Å². The highest BCUT2D eigenvalue weighted by Crippen LogP contribution is 2.33. The largest absolute Gasteiger partial charge is 0.493 e. The molecule has 5 N–H and O–H groups in total. The number of anilines is 8. The number of ether oxygens (including phenoxy) is 2. The lowest BCUT2D eigenvalue weighted by Crippen LogP contribution is -2.49. The number of rotatable bonds is 15. The first kappa shape index (κ1) is 90.8. The number of methoxy groups -OCH3 is 2. The Bertz CT molecular complexity index is 6950. The Kier molecular flexibility index (Phi) is 28.3. The maximum absolute atomic E-state index is 14.9. The fourth-order valence-corrected chi connectivity index (χ4v) is 16.6. The molecule has 10 aromatic heterocycles. The van der Waals surface area contributed by atoms with E-state index in [0.717, 1.165) is 181 Å². The fraction of sp³-hybridized carbons (Fsp3) is 0.293. The number of piperazine rings is 5. The van der Waals surface area contributed by atoms with E-state index in [4.69, 9.17) is 9.47 Å². The van der Waals surface area contributed by atoms with Crippen LogP contribution in [0.2, 0.25) is 0 Å². The molecule has 30 nitrogen and oxygen atoms in total. The monoisotopic (exact) mass is 1790 g/mol. The van der Waals surface area contributed by atoms with E-state index in [9.17, 15) is 37.1 Å². The average molecular weight is 1790 g/mol. The molecule has 0 saturated carbocycles. The molecule has 5 fully saturated rings. The second kappa shape index (κ2) is 41.1. The summed E-state index contributed by atoms with van der Waals surface area (Å²) in [6, 6.07) is 56.0. The van der Waals surface area contributed by atoms with Gasteiger partial charge in [-0.2, -0.15) is 0 Å². The summed E-state index contributed by atoms with van der Waals surface area (Å²) >= 11 is 0. The predicted molar refractivity (Wildman–Crippen MR) is 520 cm³/mol. The van der Waals surface area contributed by atoms with E-state index in [1.165, 1.54) is 49.6 Å². The van der Waals surface area contributed by atoms with E-state index in [0.29, 0.717) is 79.8 Å². The topological polar surface area (TPSA) is 276 Å². The lowest BCUT2D eigenvalue weighted by molar-refractivity contribution is 0.355. The molecule has 0 bridgehead atoms. The van der Waals surface area contributed by atoms with Gasteiger partial charge in [0.05, 0.1) is 65.3 Å². The third-order valence-electron chi connectivity index (χ3n) is 23.9. The summed E-state index contributed by atoms with van der Waals surface area (Å²) < 4.78 is 61.5. The molecule has 20 rings (SSSR count). The van der Waals surface area contributed by atoms with Gasteiger partial charge >= 0.3 is 0 Å². The van der Waals surface area contributed by atoms with Gasteiger partial charge in [0.2, 0.25) is 0 Å². The third-order valence-corrected chi connectivity index (χ3v) is 23.9. The molecule has 682 valence electrons. The summed E-state index contributed by atoms with van der Waals surface area (Å²) in [5.74, 6) is -0.169. The quantitative estimate of drug-likeness (QED) is 0.0638. The smallest absolute Gasteiger partial charge is 0.265 e. The summed E-state index contributed by atoms with van der Waals surface area (Å²) in [7, 11) is 15.0. The SMILES string of the molecule is CN(C)c1ccc(-c2cc(=O)n3cc(N4CCNCC4)cc(F)c3n2)cc1.CN(C)c1ccc(-c2cc(=O)n3cc(N4CCNCC4)ccc3n2)cc1.COc1ccc(-c2cnc3cc(N4CCNCC4)ccn3c2=O)cc1OC.C[C@@H]1CN(c2cc(F)c3nc(-c4ccc(N(C)C)cc4)cc(=O)n3c2)CCN1.O=c1cc(-c2ccccc2F)nc2ccc(N3CCNCC3)cn12. The number of aromatic nitrogens is 10. The van der Waals surface area contributed by atoms with Crippen molar-refractivity contribution in [1.29, 1.82) is 0 Å². The van der Waals surface area contributed by atoms with Gasteiger partial charge in [-0.15, -0.1) is 0 Å². The van der Waals surface area contributed by atoms with Gasteiger partial charge in [-0.25, -0.2) is 38.1 Å². The molecule has 15 heterocycles. The summed E-state index contributed by atoms with van der Waals surface area (Å²) in [5, 5.41) is 16.6. The summed E-state index contributed by atoms with van der Waals surface area (Å²) in [4.78, 5) is 103. The number of hydrogen-bond acceptors (Lipinski definition) is 25. The molecule has 1 atom stereocenters. The van der Waals surface area contributed by atoms with Crippen LogP contribution in [0.15, 0.2) is 249 Å². The van der Waals surface area contributed by atoms with Crippen LogP contribution >= 0.6 is 0 Å². The highest BCUT2D eigenvalue weighted by Gasteiger charge is 2.24. The lowest BCUT2D eigenvalue weighted by Gasteiger charge is -2.33. The predicted octanol–water partition coefficient (Wildman–Crippen LogP) is 9.88. The number of hydrogen-bond donors (Lipinski definition) is 5. The molecule has 132 heavy (non-hydrogen) atoms. The van der Waals surface area contributed by atoms with Crippen molar-refractivity contribution in [1.82, 2.24) is 73.5 Å². The minimum Gasteiger partial charge on any atom is -0.493 e. The number of halogens is 3. The normalized spacial score (nSPS) is 15.2.